The number of aryl methyl sites for hydroxylation is 2. The quantitative estimate of drug-likeness (QED) is 0.703. The Morgan fingerprint density at radius 3 is 2.56 bits per heavy atom. The van der Waals surface area contributed by atoms with Gasteiger partial charge in [0.1, 0.15) is 12.4 Å². The molecule has 0 spiro atoms. The van der Waals surface area contributed by atoms with E-state index in [1.807, 2.05) is 26.0 Å². The Labute approximate surface area is 157 Å². The van der Waals surface area contributed by atoms with Gasteiger partial charge in [-0.1, -0.05) is 6.07 Å². The highest BCUT2D eigenvalue weighted by Crippen LogP contribution is 2.17. The van der Waals surface area contributed by atoms with Gasteiger partial charge in [-0.15, -0.1) is 0 Å². The van der Waals surface area contributed by atoms with Crippen LogP contribution in [0.5, 0.6) is 5.75 Å². The van der Waals surface area contributed by atoms with Crippen molar-refractivity contribution >= 4 is 18.0 Å². The fraction of sp³-hybridized carbons (Fsp3) is 0.421. The van der Waals surface area contributed by atoms with Crippen molar-refractivity contribution < 1.29 is 28.6 Å². The van der Waals surface area contributed by atoms with Gasteiger partial charge < -0.3 is 24.8 Å². The zero-order chi connectivity index (χ0) is 20.0. The highest BCUT2D eigenvalue weighted by Gasteiger charge is 2.30. The second-order valence-electron chi connectivity index (χ2n) is 6.13. The average molecular weight is 376 g/mol. The number of urea groups is 1. The van der Waals surface area contributed by atoms with E-state index >= 15 is 0 Å². The van der Waals surface area contributed by atoms with E-state index in [1.165, 1.54) is 0 Å². The Bertz CT molecular complexity index is 771. The molecule has 0 unspecified atom stereocenters. The minimum absolute atomic E-state index is 0.194. The van der Waals surface area contributed by atoms with Crippen LogP contribution in [0.3, 0.4) is 0 Å². The number of hydrogen-bond donors (Lipinski definition) is 2. The summed E-state index contributed by atoms with van der Waals surface area (Å²) < 4.78 is 15.6. The summed E-state index contributed by atoms with van der Waals surface area (Å²) in [4.78, 5) is 35.7. The third-order valence-corrected chi connectivity index (χ3v) is 4.08. The van der Waals surface area contributed by atoms with Crippen molar-refractivity contribution in [3.8, 4) is 5.75 Å². The van der Waals surface area contributed by atoms with E-state index in [2.05, 4.69) is 10.6 Å². The summed E-state index contributed by atoms with van der Waals surface area (Å²) >= 11 is 0. The van der Waals surface area contributed by atoms with Crippen LogP contribution in [0.1, 0.15) is 25.0 Å². The van der Waals surface area contributed by atoms with Gasteiger partial charge >= 0.3 is 18.0 Å². The lowest BCUT2D eigenvalue weighted by atomic mass is 10.0. The Morgan fingerprint density at radius 1 is 1.15 bits per heavy atom. The maximum Gasteiger partial charge on any atom is 0.344 e. The lowest BCUT2D eigenvalue weighted by Crippen LogP contribution is -2.50. The number of nitrogens with one attached hydrogen (secondary N) is 2. The Kier molecular flexibility index (Phi) is 6.81. The standard InChI is InChI=1S/C19H24N2O6/c1-5-25-18(23)17-13(4)20-19(24)21-15(17)9-27-16(22)10-26-14-7-6-11(2)12(3)8-14/h6-8,13H,5,9-10H2,1-4H3,(H2,20,21,24)/t13-/m0/s1. The maximum absolute atomic E-state index is 12.1. The van der Waals surface area contributed by atoms with E-state index in [0.29, 0.717) is 5.75 Å². The van der Waals surface area contributed by atoms with Crippen LogP contribution in [-0.2, 0) is 19.1 Å². The SMILES string of the molecule is CCOC(=O)C1=C(COC(=O)COc2ccc(C)c(C)c2)NC(=O)N[C@H]1C. The molecule has 0 saturated heterocycles. The number of amides is 2. The number of esters is 2. The second-order valence-corrected chi connectivity index (χ2v) is 6.13. The first kappa shape index (κ1) is 20.3. The van der Waals surface area contributed by atoms with Crippen LogP contribution in [0.2, 0.25) is 0 Å². The molecule has 27 heavy (non-hydrogen) atoms. The predicted molar refractivity (Wildman–Crippen MR) is 97.2 cm³/mol. The topological polar surface area (TPSA) is 103 Å². The normalized spacial score (nSPS) is 16.3. The van der Waals surface area contributed by atoms with E-state index in [9.17, 15) is 14.4 Å². The Morgan fingerprint density at radius 2 is 1.89 bits per heavy atom. The average Bonchev–Trinajstić information content (AvgIpc) is 2.60. The molecule has 0 aromatic heterocycles. The molecule has 2 rings (SSSR count). The van der Waals surface area contributed by atoms with E-state index in [0.717, 1.165) is 11.1 Å². The third-order valence-electron chi connectivity index (χ3n) is 4.08. The molecular weight excluding hydrogens is 352 g/mol. The van der Waals surface area contributed by atoms with Crippen LogP contribution in [0.4, 0.5) is 4.79 Å². The molecule has 2 amide bonds. The molecular formula is C19H24N2O6. The summed E-state index contributed by atoms with van der Waals surface area (Å²) in [5.74, 6) is -0.635. The Hall–Kier alpha value is -3.03. The lowest BCUT2D eigenvalue weighted by Gasteiger charge is -2.26. The van der Waals surface area contributed by atoms with Crippen molar-refractivity contribution in [1.82, 2.24) is 10.6 Å². The molecule has 0 bridgehead atoms. The first-order chi connectivity index (χ1) is 12.8. The van der Waals surface area contributed by atoms with E-state index in [1.54, 1.807) is 19.9 Å². The summed E-state index contributed by atoms with van der Waals surface area (Å²) in [5.41, 5.74) is 2.60. The van der Waals surface area contributed by atoms with E-state index in [-0.39, 0.29) is 31.1 Å². The fourth-order valence-corrected chi connectivity index (χ4v) is 2.53. The van der Waals surface area contributed by atoms with E-state index in [4.69, 9.17) is 14.2 Å². The van der Waals surface area contributed by atoms with Crippen molar-refractivity contribution in [2.45, 2.75) is 33.7 Å². The summed E-state index contributed by atoms with van der Waals surface area (Å²) in [5, 5.41) is 5.06. The molecule has 1 aromatic rings. The highest BCUT2D eigenvalue weighted by molar-refractivity contribution is 5.94. The lowest BCUT2D eigenvalue weighted by molar-refractivity contribution is -0.145. The molecule has 1 aliphatic rings. The molecule has 8 nitrogen and oxygen atoms in total. The predicted octanol–water partition coefficient (Wildman–Crippen LogP) is 1.74. The van der Waals surface area contributed by atoms with Crippen LogP contribution in [0, 0.1) is 13.8 Å². The molecule has 2 N–H and O–H groups in total. The van der Waals surface area contributed by atoms with Crippen molar-refractivity contribution in [3.63, 3.8) is 0 Å². The third kappa shape index (κ3) is 5.47. The largest absolute Gasteiger partial charge is 0.482 e. The summed E-state index contributed by atoms with van der Waals surface area (Å²) in [7, 11) is 0. The number of rotatable bonds is 7. The highest BCUT2D eigenvalue weighted by atomic mass is 16.6. The van der Waals surface area contributed by atoms with Crippen molar-refractivity contribution in [2.75, 3.05) is 19.8 Å². The Balaban J connectivity index is 1.98. The van der Waals surface area contributed by atoms with Gasteiger partial charge in [-0.2, -0.15) is 0 Å². The zero-order valence-electron chi connectivity index (χ0n) is 15.9. The second kappa shape index (κ2) is 9.07. The summed E-state index contributed by atoms with van der Waals surface area (Å²) in [6.07, 6.45) is 0. The van der Waals surface area contributed by atoms with Gasteiger partial charge in [0.2, 0.25) is 0 Å². The number of hydrogen-bond acceptors (Lipinski definition) is 6. The minimum Gasteiger partial charge on any atom is -0.482 e. The molecule has 0 saturated carbocycles. The maximum atomic E-state index is 12.1. The van der Waals surface area contributed by atoms with Gasteiger partial charge in [-0.05, 0) is 51.0 Å². The van der Waals surface area contributed by atoms with Crippen molar-refractivity contribution in [1.29, 1.82) is 0 Å². The summed E-state index contributed by atoms with van der Waals surface area (Å²) in [6.45, 7) is 6.91. The monoisotopic (exact) mass is 376 g/mol. The number of carbonyl (C=O) groups is 3. The van der Waals surface area contributed by atoms with Gasteiger partial charge in [0.15, 0.2) is 6.61 Å². The summed E-state index contributed by atoms with van der Waals surface area (Å²) in [6, 6.07) is 4.47. The fourth-order valence-electron chi connectivity index (χ4n) is 2.53. The number of carbonyl (C=O) groups excluding carboxylic acids is 3. The smallest absolute Gasteiger partial charge is 0.344 e. The van der Waals surface area contributed by atoms with Gasteiger partial charge in [0, 0.05) is 0 Å². The van der Waals surface area contributed by atoms with Gasteiger partial charge in [0.25, 0.3) is 0 Å². The van der Waals surface area contributed by atoms with Crippen molar-refractivity contribution in [2.24, 2.45) is 0 Å². The zero-order valence-corrected chi connectivity index (χ0v) is 15.9. The van der Waals surface area contributed by atoms with Crippen LogP contribution < -0.4 is 15.4 Å². The molecule has 0 fully saturated rings. The molecule has 0 aliphatic carbocycles. The molecule has 1 heterocycles. The van der Waals surface area contributed by atoms with Gasteiger partial charge in [-0.3, -0.25) is 0 Å². The minimum atomic E-state index is -0.621. The number of ether oxygens (including phenoxy) is 3. The number of benzene rings is 1. The molecule has 146 valence electrons. The first-order valence-electron chi connectivity index (χ1n) is 8.65. The molecule has 1 aliphatic heterocycles. The van der Waals surface area contributed by atoms with Crippen LogP contribution >= 0.6 is 0 Å². The molecule has 1 aromatic carbocycles. The molecule has 8 heteroatoms. The van der Waals surface area contributed by atoms with Crippen LogP contribution in [-0.4, -0.2) is 43.8 Å². The molecule has 0 radical (unpaired) electrons. The van der Waals surface area contributed by atoms with Gasteiger partial charge in [-0.25, -0.2) is 14.4 Å². The van der Waals surface area contributed by atoms with Crippen LogP contribution in [0.25, 0.3) is 0 Å². The van der Waals surface area contributed by atoms with Crippen molar-refractivity contribution in [3.05, 3.63) is 40.6 Å². The van der Waals surface area contributed by atoms with Crippen LogP contribution in [0.15, 0.2) is 29.5 Å². The van der Waals surface area contributed by atoms with E-state index < -0.39 is 24.0 Å². The first-order valence-corrected chi connectivity index (χ1v) is 8.65. The molecule has 1 atom stereocenters. The van der Waals surface area contributed by atoms with Gasteiger partial charge in [0.05, 0.1) is 23.9 Å².